The van der Waals surface area contributed by atoms with E-state index >= 15 is 0 Å². The molecule has 0 radical (unpaired) electrons. The molecule has 188 valence electrons. The van der Waals surface area contributed by atoms with Crippen LogP contribution in [-0.2, 0) is 4.79 Å². The van der Waals surface area contributed by atoms with Crippen LogP contribution in [0.4, 0.5) is 10.5 Å². The molecule has 1 saturated heterocycles. The van der Waals surface area contributed by atoms with E-state index in [0.29, 0.717) is 34.2 Å². The van der Waals surface area contributed by atoms with Gasteiger partial charge in [0.2, 0.25) is 0 Å². The Morgan fingerprint density at radius 1 is 0.919 bits per heavy atom. The fourth-order valence-electron chi connectivity index (χ4n) is 4.41. The van der Waals surface area contributed by atoms with Crippen LogP contribution in [-0.4, -0.2) is 30.1 Å². The molecule has 0 atom stereocenters. The second kappa shape index (κ2) is 10.8. The number of urea groups is 1. The van der Waals surface area contributed by atoms with E-state index in [1.54, 1.807) is 43.5 Å². The number of hydrogen-bond donors (Lipinski definition) is 1. The smallest absolute Gasteiger partial charge is 0.334 e. The van der Waals surface area contributed by atoms with Crippen molar-refractivity contribution in [2.45, 2.75) is 31.8 Å². The Bertz CT molecular complexity index is 1350. The molecule has 37 heavy (non-hydrogen) atoms. The minimum atomic E-state index is -0.608. The molecule has 0 unspecified atom stereocenters. The number of anilines is 1. The van der Waals surface area contributed by atoms with Crippen molar-refractivity contribution in [1.29, 1.82) is 0 Å². The molecule has 1 saturated carbocycles. The third-order valence-corrected chi connectivity index (χ3v) is 6.67. The van der Waals surface area contributed by atoms with Crippen molar-refractivity contribution in [1.82, 2.24) is 5.32 Å². The van der Waals surface area contributed by atoms with Gasteiger partial charge in [0, 0.05) is 0 Å². The lowest BCUT2D eigenvalue weighted by Crippen LogP contribution is -2.53. The first-order valence-corrected chi connectivity index (χ1v) is 12.5. The molecule has 1 N–H and O–H groups in total. The molecule has 0 aromatic heterocycles. The molecule has 0 bridgehead atoms. The summed E-state index contributed by atoms with van der Waals surface area (Å²) in [5, 5.41) is 2.38. The van der Waals surface area contributed by atoms with Crippen LogP contribution in [0, 0.1) is 0 Å². The Kier molecular flexibility index (Phi) is 7.18. The van der Waals surface area contributed by atoms with Crippen molar-refractivity contribution in [2.75, 3.05) is 12.0 Å². The number of ether oxygens (including phenoxy) is 3. The molecule has 2 aliphatic rings. The number of nitrogens with zero attached hydrogens (tertiary/aromatic N) is 1. The minimum absolute atomic E-state index is 0.111. The molecule has 1 aliphatic heterocycles. The number of para-hydroxylation sites is 1. The van der Waals surface area contributed by atoms with Crippen molar-refractivity contribution in [3.63, 3.8) is 0 Å². The summed E-state index contributed by atoms with van der Waals surface area (Å²) in [5.74, 6) is 2.00. The lowest BCUT2D eigenvalue weighted by molar-refractivity contribution is -0.116. The number of thiocarbonyl (C=S) groups is 1. The highest BCUT2D eigenvalue weighted by atomic mass is 32.1. The van der Waals surface area contributed by atoms with E-state index in [-0.39, 0.29) is 16.7 Å². The van der Waals surface area contributed by atoms with Crippen LogP contribution in [0.25, 0.3) is 6.08 Å². The fraction of sp³-hybridized carbons (Fsp3) is 0.207. The Morgan fingerprint density at radius 2 is 1.62 bits per heavy atom. The third-order valence-electron chi connectivity index (χ3n) is 6.27. The van der Waals surface area contributed by atoms with Gasteiger partial charge in [0.25, 0.3) is 5.91 Å². The average Bonchev–Trinajstić information content (AvgIpc) is 3.41. The lowest BCUT2D eigenvalue weighted by atomic mass is 10.1. The second-order valence-electron chi connectivity index (χ2n) is 8.80. The molecule has 3 aromatic carbocycles. The maximum absolute atomic E-state index is 12.8. The van der Waals surface area contributed by atoms with E-state index in [9.17, 15) is 9.59 Å². The Morgan fingerprint density at radius 3 is 2.32 bits per heavy atom. The van der Waals surface area contributed by atoms with Gasteiger partial charge in [-0.25, -0.2) is 4.79 Å². The van der Waals surface area contributed by atoms with Gasteiger partial charge in [-0.1, -0.05) is 36.5 Å². The Labute approximate surface area is 220 Å². The molecular weight excluding hydrogens is 488 g/mol. The number of methoxy groups -OCH3 is 1. The van der Waals surface area contributed by atoms with Crippen molar-refractivity contribution < 1.29 is 23.8 Å². The quantitative estimate of drug-likeness (QED) is 0.296. The number of rotatable bonds is 7. The van der Waals surface area contributed by atoms with E-state index < -0.39 is 11.9 Å². The second-order valence-corrected chi connectivity index (χ2v) is 9.19. The van der Waals surface area contributed by atoms with E-state index in [1.165, 1.54) is 4.90 Å². The van der Waals surface area contributed by atoms with Gasteiger partial charge in [-0.3, -0.25) is 15.0 Å². The predicted octanol–water partition coefficient (Wildman–Crippen LogP) is 6.28. The molecule has 5 rings (SSSR count). The summed E-state index contributed by atoms with van der Waals surface area (Å²) in [6.07, 6.45) is 6.12. The zero-order valence-corrected chi connectivity index (χ0v) is 21.1. The van der Waals surface area contributed by atoms with Gasteiger partial charge in [0.15, 0.2) is 11.5 Å². The number of benzene rings is 3. The standard InChI is InChI=1S/C29H26N2O5S/c1-34-25-16-11-19(18-26(25)36-22-9-5-6-10-22)17-24-27(32)30-29(33)31(28(24)37)20-12-14-23(15-13-20)35-21-7-3-2-4-8-21/h2-4,7-8,11-18,22H,5-6,9-10H2,1H3,(H,30,32,33)/b24-17+. The van der Waals surface area contributed by atoms with Crippen LogP contribution in [0.15, 0.2) is 78.4 Å². The van der Waals surface area contributed by atoms with Gasteiger partial charge >= 0.3 is 6.03 Å². The topological polar surface area (TPSA) is 77.1 Å². The highest BCUT2D eigenvalue weighted by Gasteiger charge is 2.34. The van der Waals surface area contributed by atoms with Crippen LogP contribution in [0.3, 0.4) is 0 Å². The summed E-state index contributed by atoms with van der Waals surface area (Å²) in [6, 6.07) is 21.2. The van der Waals surface area contributed by atoms with Crippen LogP contribution in [0.1, 0.15) is 31.2 Å². The highest BCUT2D eigenvalue weighted by molar-refractivity contribution is 7.81. The number of carbonyl (C=O) groups excluding carboxylic acids is 2. The largest absolute Gasteiger partial charge is 0.493 e. The Hall–Kier alpha value is -4.17. The maximum Gasteiger partial charge on any atom is 0.334 e. The van der Waals surface area contributed by atoms with Crippen LogP contribution >= 0.6 is 12.2 Å². The first-order chi connectivity index (χ1) is 18.0. The fourth-order valence-corrected chi connectivity index (χ4v) is 4.75. The highest BCUT2D eigenvalue weighted by Crippen LogP contribution is 2.34. The van der Waals surface area contributed by atoms with Gasteiger partial charge < -0.3 is 14.2 Å². The van der Waals surface area contributed by atoms with Gasteiger partial charge in [-0.05, 0) is 85.9 Å². The minimum Gasteiger partial charge on any atom is -0.493 e. The number of hydrogen-bond acceptors (Lipinski definition) is 6. The normalized spacial score (nSPS) is 17.2. The summed E-state index contributed by atoms with van der Waals surface area (Å²) in [7, 11) is 1.60. The summed E-state index contributed by atoms with van der Waals surface area (Å²) in [4.78, 5) is 26.9. The summed E-state index contributed by atoms with van der Waals surface area (Å²) >= 11 is 5.61. The predicted molar refractivity (Wildman–Crippen MR) is 145 cm³/mol. The molecule has 3 aromatic rings. The molecule has 1 heterocycles. The van der Waals surface area contributed by atoms with Gasteiger partial charge in [0.1, 0.15) is 16.5 Å². The van der Waals surface area contributed by atoms with E-state index in [0.717, 1.165) is 25.7 Å². The van der Waals surface area contributed by atoms with Crippen molar-refractivity contribution in [3.05, 3.63) is 83.9 Å². The zero-order valence-electron chi connectivity index (χ0n) is 20.3. The van der Waals surface area contributed by atoms with E-state index in [4.69, 9.17) is 26.4 Å². The number of imide groups is 1. The van der Waals surface area contributed by atoms with Gasteiger partial charge in [-0.2, -0.15) is 0 Å². The average molecular weight is 515 g/mol. The summed E-state index contributed by atoms with van der Waals surface area (Å²) < 4.78 is 17.5. The summed E-state index contributed by atoms with van der Waals surface area (Å²) in [6.45, 7) is 0. The molecule has 0 spiro atoms. The third kappa shape index (κ3) is 5.49. The number of nitrogens with one attached hydrogen (secondary N) is 1. The van der Waals surface area contributed by atoms with E-state index in [1.807, 2.05) is 42.5 Å². The maximum atomic E-state index is 12.8. The monoisotopic (exact) mass is 514 g/mol. The first kappa shape index (κ1) is 24.5. The van der Waals surface area contributed by atoms with Crippen molar-refractivity contribution in [2.24, 2.45) is 0 Å². The number of carbonyl (C=O) groups is 2. The molecular formula is C29H26N2O5S. The van der Waals surface area contributed by atoms with Crippen molar-refractivity contribution >= 4 is 40.9 Å². The molecule has 8 heteroatoms. The molecule has 3 amide bonds. The first-order valence-electron chi connectivity index (χ1n) is 12.1. The number of amides is 3. The van der Waals surface area contributed by atoms with Crippen LogP contribution < -0.4 is 24.4 Å². The SMILES string of the molecule is COc1ccc(/C=C2\C(=O)NC(=O)N(c3ccc(Oc4ccccc4)cc3)C2=S)cc1OC1CCCC1. The van der Waals surface area contributed by atoms with Crippen LogP contribution in [0.5, 0.6) is 23.0 Å². The van der Waals surface area contributed by atoms with Gasteiger partial charge in [0.05, 0.1) is 24.5 Å². The molecule has 7 nitrogen and oxygen atoms in total. The van der Waals surface area contributed by atoms with Crippen molar-refractivity contribution in [3.8, 4) is 23.0 Å². The molecule has 1 aliphatic carbocycles. The molecule has 2 fully saturated rings. The Balaban J connectivity index is 1.39. The van der Waals surface area contributed by atoms with E-state index in [2.05, 4.69) is 5.32 Å². The zero-order chi connectivity index (χ0) is 25.8. The van der Waals surface area contributed by atoms with Gasteiger partial charge in [-0.15, -0.1) is 0 Å². The lowest BCUT2D eigenvalue weighted by Gasteiger charge is -2.29. The van der Waals surface area contributed by atoms with Crippen LogP contribution in [0.2, 0.25) is 0 Å². The summed E-state index contributed by atoms with van der Waals surface area (Å²) in [5.41, 5.74) is 1.43.